The topological polar surface area (TPSA) is 78.8 Å². The Hall–Kier alpha value is -2.67. The predicted octanol–water partition coefficient (Wildman–Crippen LogP) is 3.91. The van der Waals surface area contributed by atoms with E-state index in [1.807, 2.05) is 44.2 Å². The summed E-state index contributed by atoms with van der Waals surface area (Å²) in [5, 5.41) is 4.15. The molecule has 7 heteroatoms. The first-order valence-electron chi connectivity index (χ1n) is 9.77. The second kappa shape index (κ2) is 9.00. The number of hydrazone groups is 1. The number of carbonyl (C=O) groups is 1. The molecular weight excluding hydrogens is 398 g/mol. The van der Waals surface area contributed by atoms with E-state index in [1.54, 1.807) is 19.1 Å². The van der Waals surface area contributed by atoms with Crippen molar-refractivity contribution in [3.05, 3.63) is 64.7 Å². The largest absolute Gasteiger partial charge is 0.271 e. The Morgan fingerprint density at radius 2 is 1.57 bits per heavy atom. The number of benzene rings is 2. The number of anilines is 1. The lowest BCUT2D eigenvalue weighted by Crippen LogP contribution is -2.39. The molecule has 0 aliphatic heterocycles. The van der Waals surface area contributed by atoms with Crippen LogP contribution in [-0.4, -0.2) is 32.8 Å². The number of nitrogens with one attached hydrogen (secondary N) is 1. The van der Waals surface area contributed by atoms with E-state index < -0.39 is 15.9 Å². The highest BCUT2D eigenvalue weighted by Gasteiger charge is 2.21. The van der Waals surface area contributed by atoms with Crippen molar-refractivity contribution >= 4 is 27.3 Å². The van der Waals surface area contributed by atoms with Crippen molar-refractivity contribution in [2.75, 3.05) is 17.1 Å². The Morgan fingerprint density at radius 3 is 2.03 bits per heavy atom. The zero-order valence-corrected chi connectivity index (χ0v) is 19.6. The molecule has 30 heavy (non-hydrogen) atoms. The van der Waals surface area contributed by atoms with Crippen LogP contribution in [0.15, 0.2) is 47.6 Å². The molecule has 2 aromatic carbocycles. The van der Waals surface area contributed by atoms with E-state index in [9.17, 15) is 13.2 Å². The van der Waals surface area contributed by atoms with Gasteiger partial charge in [-0.1, -0.05) is 51.1 Å². The number of hydrogen-bond acceptors (Lipinski definition) is 4. The molecule has 2 rings (SSSR count). The van der Waals surface area contributed by atoms with Gasteiger partial charge in [0.05, 0.1) is 17.7 Å². The van der Waals surface area contributed by atoms with Crippen LogP contribution in [0, 0.1) is 13.8 Å². The third kappa shape index (κ3) is 6.42. The van der Waals surface area contributed by atoms with Crippen molar-refractivity contribution in [3.8, 4) is 0 Å². The number of rotatable bonds is 6. The van der Waals surface area contributed by atoms with Crippen LogP contribution >= 0.6 is 0 Å². The molecule has 0 radical (unpaired) electrons. The molecule has 2 aromatic rings. The van der Waals surface area contributed by atoms with Crippen LogP contribution < -0.4 is 9.73 Å². The first-order valence-corrected chi connectivity index (χ1v) is 11.6. The van der Waals surface area contributed by atoms with E-state index in [0.717, 1.165) is 27.3 Å². The molecule has 1 N–H and O–H groups in total. The smallest absolute Gasteiger partial charge is 0.260 e. The number of carbonyl (C=O) groups excluding carboxylic acids is 1. The summed E-state index contributed by atoms with van der Waals surface area (Å²) >= 11 is 0. The fourth-order valence-electron chi connectivity index (χ4n) is 3.08. The van der Waals surface area contributed by atoms with E-state index in [2.05, 4.69) is 31.3 Å². The Kier molecular flexibility index (Phi) is 7.08. The van der Waals surface area contributed by atoms with E-state index in [0.29, 0.717) is 11.4 Å². The van der Waals surface area contributed by atoms with Crippen LogP contribution in [0.25, 0.3) is 0 Å². The molecule has 0 heterocycles. The zero-order chi connectivity index (χ0) is 22.7. The minimum atomic E-state index is -3.63. The average molecular weight is 430 g/mol. The maximum atomic E-state index is 12.4. The third-order valence-corrected chi connectivity index (χ3v) is 5.84. The highest BCUT2D eigenvalue weighted by molar-refractivity contribution is 7.92. The predicted molar refractivity (Wildman–Crippen MR) is 124 cm³/mol. The summed E-state index contributed by atoms with van der Waals surface area (Å²) in [7, 11) is -3.63. The molecule has 0 bridgehead atoms. The van der Waals surface area contributed by atoms with Crippen molar-refractivity contribution in [2.24, 2.45) is 5.10 Å². The number of nitrogens with zero attached hydrogens (tertiary/aromatic N) is 2. The van der Waals surface area contributed by atoms with Gasteiger partial charge in [-0.05, 0) is 60.6 Å². The fourth-order valence-corrected chi connectivity index (χ4v) is 3.92. The van der Waals surface area contributed by atoms with Crippen LogP contribution in [0.2, 0.25) is 0 Å². The van der Waals surface area contributed by atoms with Crippen LogP contribution in [0.5, 0.6) is 0 Å². The lowest BCUT2D eigenvalue weighted by atomic mass is 9.86. The van der Waals surface area contributed by atoms with Gasteiger partial charge in [-0.15, -0.1) is 0 Å². The molecule has 0 saturated heterocycles. The lowest BCUT2D eigenvalue weighted by Gasteiger charge is -2.22. The van der Waals surface area contributed by atoms with Gasteiger partial charge >= 0.3 is 0 Å². The Balaban J connectivity index is 2.15. The first-order chi connectivity index (χ1) is 13.8. The van der Waals surface area contributed by atoms with Gasteiger partial charge in [-0.2, -0.15) is 5.10 Å². The van der Waals surface area contributed by atoms with Gasteiger partial charge < -0.3 is 0 Å². The molecule has 0 aromatic heterocycles. The molecule has 0 spiro atoms. The summed E-state index contributed by atoms with van der Waals surface area (Å²) in [6.07, 6.45) is 1.09. The highest BCUT2D eigenvalue weighted by atomic mass is 32.2. The van der Waals surface area contributed by atoms with Gasteiger partial charge in [-0.25, -0.2) is 13.8 Å². The number of amides is 1. The molecule has 0 atom stereocenters. The molecule has 0 aliphatic carbocycles. The molecule has 0 fully saturated rings. The first kappa shape index (κ1) is 23.6. The van der Waals surface area contributed by atoms with E-state index in [4.69, 9.17) is 0 Å². The van der Waals surface area contributed by atoms with Gasteiger partial charge in [0.2, 0.25) is 10.0 Å². The second-order valence-corrected chi connectivity index (χ2v) is 10.6. The maximum absolute atomic E-state index is 12.4. The summed E-state index contributed by atoms with van der Waals surface area (Å²) in [5.41, 5.74) is 7.57. The molecule has 1 amide bonds. The van der Waals surface area contributed by atoms with Gasteiger partial charge in [0.1, 0.15) is 6.54 Å². The molecule has 0 saturated carbocycles. The van der Waals surface area contributed by atoms with Crippen molar-refractivity contribution in [1.29, 1.82) is 0 Å². The Bertz CT molecular complexity index is 1030. The molecule has 162 valence electrons. The van der Waals surface area contributed by atoms with Crippen molar-refractivity contribution in [1.82, 2.24) is 5.43 Å². The van der Waals surface area contributed by atoms with Gasteiger partial charge in [0, 0.05) is 0 Å². The van der Waals surface area contributed by atoms with Crippen LogP contribution in [0.3, 0.4) is 0 Å². The average Bonchev–Trinajstić information content (AvgIpc) is 2.61. The second-order valence-electron chi connectivity index (χ2n) is 8.68. The SMILES string of the molecule is C/C(=N/NC(=O)CN(c1cc(C)cc(C)c1)S(C)(=O)=O)c1ccc(C(C)(C)C)cc1. The minimum Gasteiger partial charge on any atom is -0.271 e. The van der Waals surface area contributed by atoms with Gasteiger partial charge in [0.15, 0.2) is 0 Å². The summed E-state index contributed by atoms with van der Waals surface area (Å²) in [6, 6.07) is 13.4. The standard InChI is InChI=1S/C23H31N3O3S/c1-16-12-17(2)14-21(13-16)26(30(7,28)29)15-22(27)25-24-18(3)19-8-10-20(11-9-19)23(4,5)6/h8-14H,15H2,1-7H3,(H,25,27)/b24-18-. The third-order valence-electron chi connectivity index (χ3n) is 4.70. The maximum Gasteiger partial charge on any atom is 0.260 e. The Morgan fingerprint density at radius 1 is 1.03 bits per heavy atom. The molecular formula is C23H31N3O3S. The van der Waals surface area contributed by atoms with Crippen molar-refractivity contribution in [2.45, 2.75) is 47.0 Å². The van der Waals surface area contributed by atoms with E-state index >= 15 is 0 Å². The molecule has 0 unspecified atom stereocenters. The number of hydrogen-bond donors (Lipinski definition) is 1. The normalized spacial score (nSPS) is 12.6. The van der Waals surface area contributed by atoms with Crippen LogP contribution in [-0.2, 0) is 20.2 Å². The number of sulfonamides is 1. The van der Waals surface area contributed by atoms with Crippen LogP contribution in [0.4, 0.5) is 5.69 Å². The van der Waals surface area contributed by atoms with Crippen molar-refractivity contribution in [3.63, 3.8) is 0 Å². The van der Waals surface area contributed by atoms with Gasteiger partial charge in [0.25, 0.3) is 5.91 Å². The monoisotopic (exact) mass is 429 g/mol. The zero-order valence-electron chi connectivity index (χ0n) is 18.8. The van der Waals surface area contributed by atoms with Gasteiger partial charge in [-0.3, -0.25) is 9.10 Å². The van der Waals surface area contributed by atoms with E-state index in [-0.39, 0.29) is 12.0 Å². The van der Waals surface area contributed by atoms with Crippen LogP contribution in [0.1, 0.15) is 49.9 Å². The highest BCUT2D eigenvalue weighted by Crippen LogP contribution is 2.23. The summed E-state index contributed by atoms with van der Waals surface area (Å²) in [4.78, 5) is 12.4. The summed E-state index contributed by atoms with van der Waals surface area (Å²) in [6.45, 7) is 11.7. The Labute approximate surface area is 180 Å². The quantitative estimate of drug-likeness (QED) is 0.559. The minimum absolute atomic E-state index is 0.0566. The number of aryl methyl sites for hydroxylation is 2. The molecule has 0 aliphatic rings. The van der Waals surface area contributed by atoms with Crippen molar-refractivity contribution < 1.29 is 13.2 Å². The lowest BCUT2D eigenvalue weighted by molar-refractivity contribution is -0.119. The van der Waals surface area contributed by atoms with E-state index in [1.165, 1.54) is 5.56 Å². The fraction of sp³-hybridized carbons (Fsp3) is 0.391. The summed E-state index contributed by atoms with van der Waals surface area (Å²) < 4.78 is 25.6. The summed E-state index contributed by atoms with van der Waals surface area (Å²) in [5.74, 6) is -0.509. The molecule has 6 nitrogen and oxygen atoms in total.